The average molecular weight is 383 g/mol. The molecule has 0 aliphatic rings. The van der Waals surface area contributed by atoms with Gasteiger partial charge < -0.3 is 10.2 Å². The van der Waals surface area contributed by atoms with Crippen LogP contribution < -0.4 is 15.7 Å². The fraction of sp³-hybridized carbons (Fsp3) is 0.143. The molecule has 0 bridgehead atoms. The minimum Gasteiger partial charge on any atom is -0.406 e. The van der Waals surface area contributed by atoms with Gasteiger partial charge in [0.05, 0.1) is 0 Å². The van der Waals surface area contributed by atoms with Crippen molar-refractivity contribution in [2.24, 2.45) is 0 Å². The molecule has 0 aliphatic heterocycles. The second kappa shape index (κ2) is 8.10. The van der Waals surface area contributed by atoms with E-state index in [0.29, 0.717) is 10.7 Å². The van der Waals surface area contributed by atoms with E-state index < -0.39 is 11.5 Å². The number of halogens is 1. The molecule has 0 aliphatic carbocycles. The number of nitrogens with zero attached hydrogens (tertiary/aromatic N) is 1. The number of pyridine rings is 1. The van der Waals surface area contributed by atoms with Crippen LogP contribution in [0.4, 0.5) is 5.69 Å². The van der Waals surface area contributed by atoms with E-state index in [1.54, 1.807) is 24.3 Å². The predicted molar refractivity (Wildman–Crippen MR) is 106 cm³/mol. The number of aromatic nitrogens is 1. The number of rotatable bonds is 5. The van der Waals surface area contributed by atoms with E-state index >= 15 is 0 Å². The Labute approximate surface area is 162 Å². The fourth-order valence-electron chi connectivity index (χ4n) is 2.66. The molecule has 0 saturated carbocycles. The lowest BCUT2D eigenvalue weighted by atomic mass is 10.1. The van der Waals surface area contributed by atoms with Gasteiger partial charge in [-0.15, -0.1) is 0 Å². The topological polar surface area (TPSA) is 60.3 Å². The van der Waals surface area contributed by atoms with E-state index in [1.807, 2.05) is 38.1 Å². The van der Waals surface area contributed by atoms with Gasteiger partial charge in [0, 0.05) is 16.9 Å². The zero-order valence-electron chi connectivity index (χ0n) is 15.0. The summed E-state index contributed by atoms with van der Waals surface area (Å²) in [7, 11) is 0. The van der Waals surface area contributed by atoms with Crippen molar-refractivity contribution >= 4 is 23.2 Å². The van der Waals surface area contributed by atoms with Crippen LogP contribution in [-0.4, -0.2) is 10.6 Å². The normalized spacial score (nSPS) is 10.5. The summed E-state index contributed by atoms with van der Waals surface area (Å²) in [5.41, 5.74) is 2.99. The van der Waals surface area contributed by atoms with Crippen LogP contribution >= 0.6 is 11.6 Å². The Morgan fingerprint density at radius 2 is 1.93 bits per heavy atom. The largest absolute Gasteiger partial charge is 0.406 e. The standard InChI is InChI=1S/C21H19ClN2O3/c1-14-8-9-19(15(2)11-14)23-20(25)18-7-4-10-24(21(18)26)27-13-16-5-3-6-17(22)12-16/h3-12H,13H2,1-2H3,(H,23,25). The number of carbonyl (C=O) groups is 1. The number of benzene rings is 2. The molecule has 1 aromatic heterocycles. The Morgan fingerprint density at radius 3 is 2.67 bits per heavy atom. The molecule has 2 aromatic carbocycles. The van der Waals surface area contributed by atoms with Crippen LogP contribution in [0.1, 0.15) is 27.0 Å². The molecule has 27 heavy (non-hydrogen) atoms. The first kappa shape index (κ1) is 18.7. The number of aryl methyl sites for hydroxylation is 2. The van der Waals surface area contributed by atoms with Crippen molar-refractivity contribution < 1.29 is 9.63 Å². The zero-order valence-corrected chi connectivity index (χ0v) is 15.8. The van der Waals surface area contributed by atoms with E-state index in [4.69, 9.17) is 16.4 Å². The Kier molecular flexibility index (Phi) is 5.62. The molecule has 0 radical (unpaired) electrons. The van der Waals surface area contributed by atoms with E-state index in [9.17, 15) is 9.59 Å². The van der Waals surface area contributed by atoms with Gasteiger partial charge in [-0.05, 0) is 55.3 Å². The van der Waals surface area contributed by atoms with Gasteiger partial charge in [0.15, 0.2) is 0 Å². The molecule has 5 nitrogen and oxygen atoms in total. The summed E-state index contributed by atoms with van der Waals surface area (Å²) in [5.74, 6) is -0.479. The lowest BCUT2D eigenvalue weighted by molar-refractivity contribution is 0.0863. The van der Waals surface area contributed by atoms with Crippen molar-refractivity contribution in [1.82, 2.24) is 4.73 Å². The summed E-state index contributed by atoms with van der Waals surface area (Å²) in [6.07, 6.45) is 1.47. The van der Waals surface area contributed by atoms with Gasteiger partial charge in [0.2, 0.25) is 0 Å². The second-order valence-corrected chi connectivity index (χ2v) is 6.67. The molecule has 1 N–H and O–H groups in total. The summed E-state index contributed by atoms with van der Waals surface area (Å²) >= 11 is 5.95. The van der Waals surface area contributed by atoms with Crippen LogP contribution in [0.25, 0.3) is 0 Å². The van der Waals surface area contributed by atoms with E-state index in [1.165, 1.54) is 12.3 Å². The van der Waals surface area contributed by atoms with Crippen molar-refractivity contribution in [2.75, 3.05) is 5.32 Å². The van der Waals surface area contributed by atoms with Gasteiger partial charge in [-0.2, -0.15) is 4.73 Å². The van der Waals surface area contributed by atoms with Gasteiger partial charge in [-0.1, -0.05) is 41.4 Å². The minimum atomic E-state index is -0.526. The van der Waals surface area contributed by atoms with Gasteiger partial charge in [-0.25, -0.2) is 0 Å². The maximum absolute atomic E-state index is 12.6. The van der Waals surface area contributed by atoms with Crippen LogP contribution in [0.3, 0.4) is 0 Å². The molecule has 3 aromatic rings. The van der Waals surface area contributed by atoms with Gasteiger partial charge >= 0.3 is 0 Å². The van der Waals surface area contributed by atoms with Crippen LogP contribution in [-0.2, 0) is 6.61 Å². The van der Waals surface area contributed by atoms with E-state index in [2.05, 4.69) is 5.32 Å². The van der Waals surface area contributed by atoms with Crippen molar-refractivity contribution in [2.45, 2.75) is 20.5 Å². The highest BCUT2D eigenvalue weighted by Gasteiger charge is 2.14. The van der Waals surface area contributed by atoms with E-state index in [-0.39, 0.29) is 12.2 Å². The van der Waals surface area contributed by atoms with Crippen LogP contribution in [0.2, 0.25) is 5.02 Å². The minimum absolute atomic E-state index is 0.00330. The first-order valence-electron chi connectivity index (χ1n) is 8.42. The van der Waals surface area contributed by atoms with Crippen molar-refractivity contribution in [1.29, 1.82) is 0 Å². The molecule has 1 amide bonds. The van der Waals surface area contributed by atoms with Crippen molar-refractivity contribution in [3.63, 3.8) is 0 Å². The number of hydrogen-bond acceptors (Lipinski definition) is 3. The maximum Gasteiger partial charge on any atom is 0.295 e. The smallest absolute Gasteiger partial charge is 0.295 e. The SMILES string of the molecule is Cc1ccc(NC(=O)c2cccn(OCc3cccc(Cl)c3)c2=O)c(C)c1. The third kappa shape index (κ3) is 4.57. The van der Waals surface area contributed by atoms with Gasteiger partial charge in [0.1, 0.15) is 12.2 Å². The Morgan fingerprint density at radius 1 is 1.11 bits per heavy atom. The molecule has 0 spiro atoms. The first-order valence-corrected chi connectivity index (χ1v) is 8.80. The average Bonchev–Trinajstić information content (AvgIpc) is 2.63. The lowest BCUT2D eigenvalue weighted by Crippen LogP contribution is -2.32. The summed E-state index contributed by atoms with van der Waals surface area (Å²) in [4.78, 5) is 30.6. The number of hydrogen-bond donors (Lipinski definition) is 1. The Balaban J connectivity index is 1.77. The zero-order chi connectivity index (χ0) is 19.4. The third-order valence-electron chi connectivity index (χ3n) is 4.05. The highest BCUT2D eigenvalue weighted by atomic mass is 35.5. The molecule has 0 saturated heterocycles. The molecule has 3 rings (SSSR count). The molecular weight excluding hydrogens is 364 g/mol. The number of nitrogens with one attached hydrogen (secondary N) is 1. The van der Waals surface area contributed by atoms with Gasteiger partial charge in [-0.3, -0.25) is 9.59 Å². The number of carbonyl (C=O) groups excluding carboxylic acids is 1. The summed E-state index contributed by atoms with van der Waals surface area (Å²) < 4.78 is 1.05. The third-order valence-corrected chi connectivity index (χ3v) is 4.28. The Hall–Kier alpha value is -3.05. The molecule has 1 heterocycles. The van der Waals surface area contributed by atoms with Crippen molar-refractivity contribution in [3.8, 4) is 0 Å². The molecule has 0 fully saturated rings. The molecule has 0 atom stereocenters. The monoisotopic (exact) mass is 382 g/mol. The quantitative estimate of drug-likeness (QED) is 0.725. The van der Waals surface area contributed by atoms with Crippen LogP contribution in [0.15, 0.2) is 65.6 Å². The van der Waals surface area contributed by atoms with Gasteiger partial charge in [0.25, 0.3) is 11.5 Å². The highest BCUT2D eigenvalue weighted by molar-refractivity contribution is 6.30. The second-order valence-electron chi connectivity index (χ2n) is 6.23. The number of amides is 1. The highest BCUT2D eigenvalue weighted by Crippen LogP contribution is 2.16. The summed E-state index contributed by atoms with van der Waals surface area (Å²) in [6, 6.07) is 15.9. The summed E-state index contributed by atoms with van der Waals surface area (Å²) in [5, 5.41) is 3.37. The fourth-order valence-corrected chi connectivity index (χ4v) is 2.88. The van der Waals surface area contributed by atoms with Crippen molar-refractivity contribution in [3.05, 3.63) is 98.4 Å². The molecule has 6 heteroatoms. The Bertz CT molecular complexity index is 1040. The maximum atomic E-state index is 12.6. The lowest BCUT2D eigenvalue weighted by Gasteiger charge is -2.11. The van der Waals surface area contributed by atoms with Crippen LogP contribution in [0.5, 0.6) is 0 Å². The van der Waals surface area contributed by atoms with E-state index in [0.717, 1.165) is 21.4 Å². The first-order chi connectivity index (χ1) is 12.9. The van der Waals surface area contributed by atoms with Crippen LogP contribution in [0, 0.1) is 13.8 Å². The number of anilines is 1. The molecular formula is C21H19ClN2O3. The summed E-state index contributed by atoms with van der Waals surface area (Å²) in [6.45, 7) is 4.04. The molecule has 138 valence electrons. The molecule has 0 unspecified atom stereocenters. The predicted octanol–water partition coefficient (Wildman–Crippen LogP) is 4.00.